The van der Waals surface area contributed by atoms with Gasteiger partial charge in [0.1, 0.15) is 5.75 Å². The van der Waals surface area contributed by atoms with Crippen LogP contribution in [-0.2, 0) is 11.3 Å². The molecule has 4 rings (SSSR count). The molecule has 3 aromatic rings. The zero-order valence-corrected chi connectivity index (χ0v) is 23.8. The van der Waals surface area contributed by atoms with Crippen molar-refractivity contribution in [1.82, 2.24) is 14.8 Å². The second-order valence-corrected chi connectivity index (χ2v) is 10.6. The van der Waals surface area contributed by atoms with Crippen molar-refractivity contribution in [3.8, 4) is 5.75 Å². The van der Waals surface area contributed by atoms with E-state index in [0.717, 1.165) is 46.2 Å². The number of unbranched alkanes of at least 4 members (excludes halogenated alkanes) is 1. The normalized spacial score (nSPS) is 16.7. The highest BCUT2D eigenvalue weighted by molar-refractivity contribution is 6.01. The molecule has 11 heteroatoms. The van der Waals surface area contributed by atoms with Gasteiger partial charge in [0.15, 0.2) is 0 Å². The summed E-state index contributed by atoms with van der Waals surface area (Å²) in [4.78, 5) is 33.1. The maximum atomic E-state index is 13.1. The first kappa shape index (κ1) is 30.4. The average Bonchev–Trinajstić information content (AvgIpc) is 3.44. The van der Waals surface area contributed by atoms with Gasteiger partial charge in [0.2, 0.25) is 6.41 Å². The lowest BCUT2D eigenvalue weighted by Gasteiger charge is -2.42. The molecular weight excluding hydrogens is 535 g/mol. The van der Waals surface area contributed by atoms with E-state index in [4.69, 9.17) is 10.5 Å². The van der Waals surface area contributed by atoms with Crippen LogP contribution in [0.25, 0.3) is 10.9 Å². The monoisotopic (exact) mass is 573 g/mol. The number of aryl methyl sites for hydroxylation is 1. The van der Waals surface area contributed by atoms with Gasteiger partial charge < -0.3 is 20.4 Å². The molecule has 8 nitrogen and oxygen atoms in total. The summed E-state index contributed by atoms with van der Waals surface area (Å²) in [6, 6.07) is 8.86. The molecular formula is C30H38F3N5O3. The van der Waals surface area contributed by atoms with Gasteiger partial charge in [-0.05, 0) is 48.7 Å². The van der Waals surface area contributed by atoms with Crippen molar-refractivity contribution in [3.05, 3.63) is 58.8 Å². The summed E-state index contributed by atoms with van der Waals surface area (Å²) in [6.45, 7) is 6.17. The van der Waals surface area contributed by atoms with Crippen LogP contribution < -0.4 is 15.4 Å². The minimum atomic E-state index is -4.25. The standard InChI is InChI=1S/C30H38F3N5O3/c1-4-5-11-38(19-39)25-16-21(6-7-23(25)29(34)40)26-18-36(12-9-30(31,32)33)13-14-37(26)17-24-22-8-10-35-28(22)20(2)15-27(24)41-3/h6-8,10,15-16,19,26,35H,4-5,9,11-14,17-18H2,1-3H3,(H2,34,40). The van der Waals surface area contributed by atoms with E-state index in [-0.39, 0.29) is 18.2 Å². The maximum Gasteiger partial charge on any atom is 0.390 e. The number of carbonyl (C=O) groups is 2. The number of amides is 2. The number of piperazine rings is 1. The number of nitrogens with two attached hydrogens (primary N) is 1. The van der Waals surface area contributed by atoms with E-state index in [9.17, 15) is 22.8 Å². The number of alkyl halides is 3. The number of hydrogen-bond acceptors (Lipinski definition) is 5. The number of primary amides is 1. The van der Waals surface area contributed by atoms with E-state index in [2.05, 4.69) is 9.88 Å². The van der Waals surface area contributed by atoms with Gasteiger partial charge in [-0.3, -0.25) is 19.4 Å². The lowest BCUT2D eigenvalue weighted by Crippen LogP contribution is -2.48. The van der Waals surface area contributed by atoms with Crippen LogP contribution in [0.5, 0.6) is 5.75 Å². The molecule has 1 aliphatic rings. The number of carbonyl (C=O) groups excluding carboxylic acids is 2. The van der Waals surface area contributed by atoms with Crippen molar-refractivity contribution in [2.45, 2.75) is 51.9 Å². The Hall–Kier alpha value is -3.57. The smallest absolute Gasteiger partial charge is 0.390 e. The SMILES string of the molecule is CCCCN(C=O)c1cc(C2CN(CCC(F)(F)F)CCN2Cc2c(OC)cc(C)c3[nH]ccc23)ccc1C(N)=O. The molecule has 222 valence electrons. The first-order chi connectivity index (χ1) is 19.6. The van der Waals surface area contributed by atoms with Crippen LogP contribution in [0.15, 0.2) is 36.5 Å². The van der Waals surface area contributed by atoms with Crippen molar-refractivity contribution in [3.63, 3.8) is 0 Å². The van der Waals surface area contributed by atoms with Crippen molar-refractivity contribution in [2.24, 2.45) is 5.73 Å². The van der Waals surface area contributed by atoms with Crippen molar-refractivity contribution < 1.29 is 27.5 Å². The van der Waals surface area contributed by atoms with Gasteiger partial charge in [0.05, 0.1) is 24.8 Å². The van der Waals surface area contributed by atoms with Crippen molar-refractivity contribution >= 4 is 28.9 Å². The highest BCUT2D eigenvalue weighted by Gasteiger charge is 2.33. The molecule has 1 atom stereocenters. The molecule has 1 aliphatic heterocycles. The molecule has 0 radical (unpaired) electrons. The number of aromatic nitrogens is 1. The fraction of sp³-hybridized carbons (Fsp3) is 0.467. The number of methoxy groups -OCH3 is 1. The number of aromatic amines is 1. The summed E-state index contributed by atoms with van der Waals surface area (Å²) in [7, 11) is 1.63. The van der Waals surface area contributed by atoms with Gasteiger partial charge in [-0.2, -0.15) is 13.2 Å². The molecule has 2 amide bonds. The number of halogens is 3. The Kier molecular flexibility index (Phi) is 9.60. The third-order valence-corrected chi connectivity index (χ3v) is 7.84. The van der Waals surface area contributed by atoms with Gasteiger partial charge in [-0.25, -0.2) is 0 Å². The van der Waals surface area contributed by atoms with Gasteiger partial charge in [0, 0.05) is 68.0 Å². The van der Waals surface area contributed by atoms with Crippen LogP contribution >= 0.6 is 0 Å². The van der Waals surface area contributed by atoms with Crippen LogP contribution in [0.4, 0.5) is 18.9 Å². The van der Waals surface area contributed by atoms with Crippen LogP contribution in [0.3, 0.4) is 0 Å². The largest absolute Gasteiger partial charge is 0.496 e. The van der Waals surface area contributed by atoms with E-state index < -0.39 is 18.5 Å². The quantitative estimate of drug-likeness (QED) is 0.292. The summed E-state index contributed by atoms with van der Waals surface area (Å²) in [6.07, 6.45) is -0.977. The molecule has 2 aromatic carbocycles. The molecule has 0 aliphatic carbocycles. The molecule has 1 aromatic heterocycles. The van der Waals surface area contributed by atoms with Gasteiger partial charge in [-0.15, -0.1) is 0 Å². The molecule has 1 saturated heterocycles. The number of anilines is 1. The van der Waals surface area contributed by atoms with E-state index in [0.29, 0.717) is 44.8 Å². The van der Waals surface area contributed by atoms with E-state index in [1.165, 1.54) is 4.90 Å². The van der Waals surface area contributed by atoms with Gasteiger partial charge in [-0.1, -0.05) is 19.4 Å². The minimum absolute atomic E-state index is 0.104. The highest BCUT2D eigenvalue weighted by atomic mass is 19.4. The maximum absolute atomic E-state index is 13.1. The van der Waals surface area contributed by atoms with Gasteiger partial charge in [0.25, 0.3) is 5.91 Å². The minimum Gasteiger partial charge on any atom is -0.496 e. The Morgan fingerprint density at radius 3 is 2.68 bits per heavy atom. The third-order valence-electron chi connectivity index (χ3n) is 7.84. The molecule has 1 unspecified atom stereocenters. The van der Waals surface area contributed by atoms with Crippen molar-refractivity contribution in [2.75, 3.05) is 44.7 Å². The third kappa shape index (κ3) is 7.02. The molecule has 0 saturated carbocycles. The van der Waals surface area contributed by atoms with Crippen LogP contribution in [-0.4, -0.2) is 73.1 Å². The number of hydrogen-bond donors (Lipinski definition) is 2. The lowest BCUT2D eigenvalue weighted by atomic mass is 9.96. The van der Waals surface area contributed by atoms with Crippen LogP contribution in [0, 0.1) is 6.92 Å². The highest BCUT2D eigenvalue weighted by Crippen LogP contribution is 2.36. The number of nitrogens with one attached hydrogen (secondary N) is 1. The number of fused-ring (bicyclic) bond motifs is 1. The number of H-pyrrole nitrogens is 1. The molecule has 0 spiro atoms. The number of nitrogens with zero attached hydrogens (tertiary/aromatic N) is 3. The Morgan fingerprint density at radius 2 is 2.02 bits per heavy atom. The predicted molar refractivity (Wildman–Crippen MR) is 153 cm³/mol. The van der Waals surface area contributed by atoms with Crippen LogP contribution in [0.1, 0.15) is 59.3 Å². The topological polar surface area (TPSA) is 94.9 Å². The van der Waals surface area contributed by atoms with E-state index >= 15 is 0 Å². The predicted octanol–water partition coefficient (Wildman–Crippen LogP) is 5.16. The first-order valence-electron chi connectivity index (χ1n) is 13.9. The fourth-order valence-corrected chi connectivity index (χ4v) is 5.61. The van der Waals surface area contributed by atoms with E-state index in [1.807, 2.05) is 37.1 Å². The number of rotatable bonds is 12. The summed E-state index contributed by atoms with van der Waals surface area (Å²) in [5.41, 5.74) is 10.1. The molecule has 41 heavy (non-hydrogen) atoms. The Morgan fingerprint density at radius 1 is 1.24 bits per heavy atom. The Labute approximate surface area is 238 Å². The van der Waals surface area contributed by atoms with E-state index in [1.54, 1.807) is 25.3 Å². The first-order valence-corrected chi connectivity index (χ1v) is 13.9. The fourth-order valence-electron chi connectivity index (χ4n) is 5.61. The number of benzene rings is 2. The summed E-state index contributed by atoms with van der Waals surface area (Å²) < 4.78 is 45.0. The number of ether oxygens (including phenoxy) is 1. The Balaban J connectivity index is 1.75. The van der Waals surface area contributed by atoms with Gasteiger partial charge >= 0.3 is 6.18 Å². The summed E-state index contributed by atoms with van der Waals surface area (Å²) >= 11 is 0. The summed E-state index contributed by atoms with van der Waals surface area (Å²) in [5.74, 6) is 0.0887. The zero-order valence-electron chi connectivity index (χ0n) is 23.8. The van der Waals surface area contributed by atoms with Crippen LogP contribution in [0.2, 0.25) is 0 Å². The Bertz CT molecular complexity index is 1370. The second-order valence-electron chi connectivity index (χ2n) is 10.6. The average molecular weight is 574 g/mol. The molecule has 0 bridgehead atoms. The lowest BCUT2D eigenvalue weighted by molar-refractivity contribution is -0.139. The summed E-state index contributed by atoms with van der Waals surface area (Å²) in [5, 5.41) is 1.02. The molecule has 2 heterocycles. The molecule has 3 N–H and O–H groups in total. The zero-order chi connectivity index (χ0) is 29.7. The second kappa shape index (κ2) is 12.9. The van der Waals surface area contributed by atoms with Crippen molar-refractivity contribution in [1.29, 1.82) is 0 Å². The molecule has 1 fully saturated rings.